The van der Waals surface area contributed by atoms with Crippen molar-refractivity contribution in [2.45, 2.75) is 59.0 Å². The third-order valence-electron chi connectivity index (χ3n) is 6.21. The van der Waals surface area contributed by atoms with Crippen molar-refractivity contribution in [2.24, 2.45) is 0 Å². The molecule has 7 nitrogen and oxygen atoms in total. The number of anilines is 2. The first-order valence-corrected chi connectivity index (χ1v) is 10.5. The van der Waals surface area contributed by atoms with Gasteiger partial charge in [-0.05, 0) is 70.3 Å². The molecule has 2 aliphatic rings. The molecule has 0 aliphatic carbocycles. The molecular formula is C22H30N4O3. The molecule has 3 heterocycles. The van der Waals surface area contributed by atoms with E-state index in [-0.39, 0.29) is 0 Å². The molecule has 2 unspecified atom stereocenters. The van der Waals surface area contributed by atoms with E-state index in [4.69, 9.17) is 9.26 Å². The molecule has 2 fully saturated rings. The van der Waals surface area contributed by atoms with E-state index in [1.807, 2.05) is 13.0 Å². The molecule has 0 bridgehead atoms. The van der Waals surface area contributed by atoms with Crippen molar-refractivity contribution in [1.82, 2.24) is 10.1 Å². The van der Waals surface area contributed by atoms with Crippen molar-refractivity contribution in [1.29, 1.82) is 0 Å². The normalized spacial score (nSPS) is 22.3. The van der Waals surface area contributed by atoms with Crippen LogP contribution in [0.15, 0.2) is 22.7 Å². The summed E-state index contributed by atoms with van der Waals surface area (Å²) in [4.78, 5) is 17.4. The fourth-order valence-corrected chi connectivity index (χ4v) is 4.58. The van der Waals surface area contributed by atoms with Crippen molar-refractivity contribution in [2.75, 3.05) is 29.9 Å². The van der Waals surface area contributed by atoms with Crippen molar-refractivity contribution < 1.29 is 14.1 Å². The summed E-state index contributed by atoms with van der Waals surface area (Å²) >= 11 is 0. The van der Waals surface area contributed by atoms with E-state index in [1.54, 1.807) is 13.8 Å². The lowest BCUT2D eigenvalue weighted by Gasteiger charge is -2.28. The Morgan fingerprint density at radius 2 is 2.07 bits per heavy atom. The Balaban J connectivity index is 1.38. The van der Waals surface area contributed by atoms with Crippen LogP contribution in [0, 0.1) is 20.8 Å². The summed E-state index contributed by atoms with van der Waals surface area (Å²) in [5, 5.41) is 6.62. The Labute approximate surface area is 172 Å². The van der Waals surface area contributed by atoms with E-state index in [0.29, 0.717) is 29.3 Å². The average molecular weight is 399 g/mol. The number of rotatable bonds is 4. The van der Waals surface area contributed by atoms with Crippen LogP contribution in [-0.4, -0.2) is 47.9 Å². The van der Waals surface area contributed by atoms with E-state index in [2.05, 4.69) is 39.3 Å². The Bertz CT molecular complexity index is 875. The van der Waals surface area contributed by atoms with Crippen LogP contribution < -0.4 is 15.0 Å². The number of hydrogen-bond donors (Lipinski definition) is 1. The second-order valence-corrected chi connectivity index (χ2v) is 8.28. The second kappa shape index (κ2) is 8.06. The van der Waals surface area contributed by atoms with Crippen LogP contribution in [0.2, 0.25) is 0 Å². The molecule has 1 amide bonds. The van der Waals surface area contributed by atoms with E-state index in [9.17, 15) is 4.79 Å². The molecule has 2 saturated heterocycles. The molecule has 1 aromatic heterocycles. The third kappa shape index (κ3) is 4.10. The van der Waals surface area contributed by atoms with Gasteiger partial charge in [0.1, 0.15) is 5.69 Å². The molecule has 2 aromatic rings. The number of carbonyl (C=O) groups excluding carboxylic acids is 1. The lowest BCUT2D eigenvalue weighted by molar-refractivity contribution is 0.204. The molecule has 156 valence electrons. The minimum atomic E-state index is -0.542. The highest BCUT2D eigenvalue weighted by Crippen LogP contribution is 2.30. The number of likely N-dealkylation sites (tertiary alicyclic amines) is 1. The highest BCUT2D eigenvalue weighted by atomic mass is 16.6. The summed E-state index contributed by atoms with van der Waals surface area (Å²) < 4.78 is 10.4. The predicted molar refractivity (Wildman–Crippen MR) is 113 cm³/mol. The summed E-state index contributed by atoms with van der Waals surface area (Å²) in [6.45, 7) is 11.2. The smallest absolute Gasteiger partial charge is 0.404 e. The molecule has 0 saturated carbocycles. The van der Waals surface area contributed by atoms with Crippen molar-refractivity contribution in [3.63, 3.8) is 0 Å². The summed E-state index contributed by atoms with van der Waals surface area (Å²) in [7, 11) is 0. The van der Waals surface area contributed by atoms with Gasteiger partial charge in [-0.1, -0.05) is 5.16 Å². The van der Waals surface area contributed by atoms with Crippen LogP contribution in [-0.2, 0) is 0 Å². The Kier molecular flexibility index (Phi) is 5.50. The number of benzene rings is 1. The highest BCUT2D eigenvalue weighted by molar-refractivity contribution is 5.87. The Morgan fingerprint density at radius 1 is 1.24 bits per heavy atom. The molecule has 1 N–H and O–H groups in total. The number of aromatic nitrogens is 1. The van der Waals surface area contributed by atoms with Crippen LogP contribution in [0.3, 0.4) is 0 Å². The Morgan fingerprint density at radius 3 is 2.72 bits per heavy atom. The summed E-state index contributed by atoms with van der Waals surface area (Å²) in [5.74, 6) is 0.858. The number of hydrogen-bond acceptors (Lipinski definition) is 6. The molecule has 7 heteroatoms. The molecule has 2 aliphatic heterocycles. The SMILES string of the molecule is Cc1cc(N2CCC(N3CCCC3C)C2)ccc1NC(=O)Oc1c(C)noc1C. The highest BCUT2D eigenvalue weighted by Gasteiger charge is 2.33. The van der Waals surface area contributed by atoms with Gasteiger partial charge in [0.25, 0.3) is 0 Å². The minimum Gasteiger partial charge on any atom is -0.404 e. The van der Waals surface area contributed by atoms with Crippen molar-refractivity contribution >= 4 is 17.5 Å². The number of carbonyl (C=O) groups is 1. The van der Waals surface area contributed by atoms with E-state index in [1.165, 1.54) is 31.5 Å². The van der Waals surface area contributed by atoms with Crippen molar-refractivity contribution in [3.8, 4) is 5.75 Å². The average Bonchev–Trinajstić information content (AvgIpc) is 3.40. The molecular weight excluding hydrogens is 368 g/mol. The summed E-state index contributed by atoms with van der Waals surface area (Å²) in [5.41, 5.74) is 3.52. The number of amides is 1. The van der Waals surface area contributed by atoms with E-state index in [0.717, 1.165) is 24.3 Å². The molecule has 2 atom stereocenters. The van der Waals surface area contributed by atoms with Gasteiger partial charge in [-0.25, -0.2) is 4.79 Å². The lowest BCUT2D eigenvalue weighted by Crippen LogP contribution is -2.39. The first-order chi connectivity index (χ1) is 13.9. The van der Waals surface area contributed by atoms with Gasteiger partial charge in [-0.3, -0.25) is 10.2 Å². The number of nitrogens with zero attached hydrogens (tertiary/aromatic N) is 3. The van der Waals surface area contributed by atoms with Crippen molar-refractivity contribution in [3.05, 3.63) is 35.2 Å². The van der Waals surface area contributed by atoms with Gasteiger partial charge in [-0.15, -0.1) is 0 Å². The number of ether oxygens (including phenoxy) is 1. The van der Waals surface area contributed by atoms with Gasteiger partial charge >= 0.3 is 6.09 Å². The van der Waals surface area contributed by atoms with E-state index < -0.39 is 6.09 Å². The maximum absolute atomic E-state index is 12.3. The first-order valence-electron chi connectivity index (χ1n) is 10.5. The van der Waals surface area contributed by atoms with Gasteiger partial charge in [0.15, 0.2) is 11.5 Å². The molecule has 29 heavy (non-hydrogen) atoms. The van der Waals surface area contributed by atoms with Crippen LogP contribution in [0.5, 0.6) is 5.75 Å². The van der Waals surface area contributed by atoms with Gasteiger partial charge < -0.3 is 14.2 Å². The van der Waals surface area contributed by atoms with Gasteiger partial charge in [-0.2, -0.15) is 0 Å². The second-order valence-electron chi connectivity index (χ2n) is 8.28. The zero-order valence-electron chi connectivity index (χ0n) is 17.7. The standard InChI is InChI=1S/C22H30N4O3/c1-14-12-18(25-11-9-19(13-25)26-10-5-6-15(26)2)7-8-20(14)23-22(27)28-21-16(3)24-29-17(21)4/h7-8,12,15,19H,5-6,9-11,13H2,1-4H3,(H,23,27). The molecule has 1 aromatic carbocycles. The van der Waals surface area contributed by atoms with Gasteiger partial charge in [0, 0.05) is 43.5 Å². The fourth-order valence-electron chi connectivity index (χ4n) is 4.58. The summed E-state index contributed by atoms with van der Waals surface area (Å²) in [6.07, 6.45) is 3.31. The van der Waals surface area contributed by atoms with Crippen LogP contribution in [0.25, 0.3) is 0 Å². The molecule has 4 rings (SSSR count). The maximum atomic E-state index is 12.3. The zero-order chi connectivity index (χ0) is 20.5. The van der Waals surface area contributed by atoms with Crippen LogP contribution >= 0.6 is 0 Å². The molecule has 0 radical (unpaired) electrons. The van der Waals surface area contributed by atoms with E-state index >= 15 is 0 Å². The monoisotopic (exact) mass is 398 g/mol. The van der Waals surface area contributed by atoms with Gasteiger partial charge in [0.05, 0.1) is 0 Å². The third-order valence-corrected chi connectivity index (χ3v) is 6.21. The minimum absolute atomic E-state index is 0.371. The van der Waals surface area contributed by atoms with Gasteiger partial charge in [0.2, 0.25) is 0 Å². The van der Waals surface area contributed by atoms with Crippen LogP contribution in [0.1, 0.15) is 43.2 Å². The number of aryl methyl sites for hydroxylation is 3. The summed E-state index contributed by atoms with van der Waals surface area (Å²) in [6, 6.07) is 7.52. The Hall–Kier alpha value is -2.54. The fraction of sp³-hybridized carbons (Fsp3) is 0.545. The largest absolute Gasteiger partial charge is 0.417 e. The van der Waals surface area contributed by atoms with Crippen LogP contribution in [0.4, 0.5) is 16.2 Å². The predicted octanol–water partition coefficient (Wildman–Crippen LogP) is 4.27. The lowest BCUT2D eigenvalue weighted by atomic mass is 10.1. The first kappa shape index (κ1) is 19.8. The maximum Gasteiger partial charge on any atom is 0.417 e. The zero-order valence-corrected chi connectivity index (χ0v) is 17.7. The number of nitrogens with one attached hydrogen (secondary N) is 1. The topological polar surface area (TPSA) is 70.8 Å². The molecule has 0 spiro atoms. The quantitative estimate of drug-likeness (QED) is 0.829.